The van der Waals surface area contributed by atoms with E-state index in [0.717, 1.165) is 22.1 Å². The van der Waals surface area contributed by atoms with Gasteiger partial charge in [0.1, 0.15) is 23.8 Å². The molecule has 6 heteroatoms. The van der Waals surface area contributed by atoms with Crippen molar-refractivity contribution >= 4 is 16.9 Å². The minimum Gasteiger partial charge on any atom is -0.488 e. The molecule has 0 aliphatic rings. The number of nitrogens with two attached hydrogens (primary N) is 1. The maximum absolute atomic E-state index is 14.8. The molecule has 3 aromatic carbocycles. The number of carbonyl (C=O) groups excluding carboxylic acids is 1. The van der Waals surface area contributed by atoms with Crippen molar-refractivity contribution in [3.05, 3.63) is 89.4 Å². The lowest BCUT2D eigenvalue weighted by atomic mass is 10.00. The fourth-order valence-electron chi connectivity index (χ4n) is 3.64. The number of esters is 1. The van der Waals surface area contributed by atoms with Gasteiger partial charge in [-0.2, -0.15) is 0 Å². The Balaban J connectivity index is 1.59. The molecule has 32 heavy (non-hydrogen) atoms. The molecule has 0 saturated carbocycles. The van der Waals surface area contributed by atoms with Crippen LogP contribution >= 0.6 is 0 Å². The summed E-state index contributed by atoms with van der Waals surface area (Å²) in [4.78, 5) is 11.9. The van der Waals surface area contributed by atoms with E-state index in [1.54, 1.807) is 31.4 Å². The standard InChI is InChI=1S/C26H24FNO4/c1-2-30-25(29)13-18-6-3-4-9-23(18)31-15-20-16-32-24-11-10-17(12-22(20)24)21-8-5-7-19(14-28)26(21)27/h3-12,16H,2,13-15,28H2,1H3. The van der Waals surface area contributed by atoms with Crippen LogP contribution in [0.25, 0.3) is 22.1 Å². The molecule has 0 aliphatic heterocycles. The van der Waals surface area contributed by atoms with E-state index >= 15 is 0 Å². The van der Waals surface area contributed by atoms with Crippen LogP contribution in [-0.4, -0.2) is 12.6 Å². The predicted molar refractivity (Wildman–Crippen MR) is 121 cm³/mol. The number of para-hydroxylation sites is 1. The Morgan fingerprint density at radius 1 is 1.03 bits per heavy atom. The van der Waals surface area contributed by atoms with Crippen LogP contribution in [0, 0.1) is 5.82 Å². The van der Waals surface area contributed by atoms with Crippen molar-refractivity contribution in [2.24, 2.45) is 5.73 Å². The van der Waals surface area contributed by atoms with Crippen molar-refractivity contribution in [3.8, 4) is 16.9 Å². The third-order valence-electron chi connectivity index (χ3n) is 5.26. The van der Waals surface area contributed by atoms with E-state index in [1.807, 2.05) is 42.5 Å². The summed E-state index contributed by atoms with van der Waals surface area (Å²) in [6.45, 7) is 2.48. The SMILES string of the molecule is CCOC(=O)Cc1ccccc1OCc1coc2ccc(-c3cccc(CN)c3F)cc12. The Morgan fingerprint density at radius 2 is 1.84 bits per heavy atom. The predicted octanol–water partition coefficient (Wildman–Crippen LogP) is 5.38. The first-order valence-electron chi connectivity index (χ1n) is 10.4. The zero-order chi connectivity index (χ0) is 22.5. The Hall–Kier alpha value is -3.64. The Labute approximate surface area is 185 Å². The van der Waals surface area contributed by atoms with Gasteiger partial charge in [-0.05, 0) is 30.7 Å². The molecule has 4 aromatic rings. The van der Waals surface area contributed by atoms with Gasteiger partial charge in [0.05, 0.1) is 19.3 Å². The second-order valence-electron chi connectivity index (χ2n) is 7.33. The molecular formula is C26H24FNO4. The summed E-state index contributed by atoms with van der Waals surface area (Å²) >= 11 is 0. The fourth-order valence-corrected chi connectivity index (χ4v) is 3.64. The quantitative estimate of drug-likeness (QED) is 0.378. The number of hydrogen-bond acceptors (Lipinski definition) is 5. The van der Waals surface area contributed by atoms with Crippen LogP contribution in [0.15, 0.2) is 71.3 Å². The molecule has 0 bridgehead atoms. The van der Waals surface area contributed by atoms with Crippen LogP contribution < -0.4 is 10.5 Å². The third-order valence-corrected chi connectivity index (χ3v) is 5.26. The lowest BCUT2D eigenvalue weighted by Crippen LogP contribution is -2.09. The Morgan fingerprint density at radius 3 is 2.66 bits per heavy atom. The summed E-state index contributed by atoms with van der Waals surface area (Å²) in [5.41, 5.74) is 9.59. The molecule has 1 aromatic heterocycles. The van der Waals surface area contributed by atoms with Crippen LogP contribution in [0.1, 0.15) is 23.6 Å². The van der Waals surface area contributed by atoms with Crippen molar-refractivity contribution in [1.29, 1.82) is 0 Å². The average molecular weight is 433 g/mol. The maximum Gasteiger partial charge on any atom is 0.310 e. The summed E-state index contributed by atoms with van der Waals surface area (Å²) in [5.74, 6) is -0.0139. The van der Waals surface area contributed by atoms with Crippen LogP contribution in [0.2, 0.25) is 0 Å². The molecule has 0 amide bonds. The number of benzene rings is 3. The van der Waals surface area contributed by atoms with E-state index in [4.69, 9.17) is 19.6 Å². The molecule has 5 nitrogen and oxygen atoms in total. The molecule has 0 aliphatic carbocycles. The first-order chi connectivity index (χ1) is 15.6. The third kappa shape index (κ3) is 4.50. The lowest BCUT2D eigenvalue weighted by molar-refractivity contribution is -0.142. The van der Waals surface area contributed by atoms with Gasteiger partial charge in [-0.1, -0.05) is 42.5 Å². The van der Waals surface area contributed by atoms with E-state index in [0.29, 0.717) is 29.1 Å². The van der Waals surface area contributed by atoms with E-state index in [9.17, 15) is 9.18 Å². The van der Waals surface area contributed by atoms with Crippen LogP contribution in [-0.2, 0) is 29.1 Å². The highest BCUT2D eigenvalue weighted by atomic mass is 19.1. The summed E-state index contributed by atoms with van der Waals surface area (Å²) in [7, 11) is 0. The number of halogens is 1. The number of fused-ring (bicyclic) bond motifs is 1. The fraction of sp³-hybridized carbons (Fsp3) is 0.192. The molecule has 2 N–H and O–H groups in total. The smallest absolute Gasteiger partial charge is 0.310 e. The largest absolute Gasteiger partial charge is 0.488 e. The number of ether oxygens (including phenoxy) is 2. The van der Waals surface area contributed by atoms with Gasteiger partial charge in [0.2, 0.25) is 0 Å². The van der Waals surface area contributed by atoms with Gasteiger partial charge in [-0.3, -0.25) is 4.79 Å². The molecule has 0 fully saturated rings. The van der Waals surface area contributed by atoms with Crippen molar-refractivity contribution in [1.82, 2.24) is 0 Å². The lowest BCUT2D eigenvalue weighted by Gasteiger charge is -2.11. The molecule has 0 unspecified atom stereocenters. The summed E-state index contributed by atoms with van der Waals surface area (Å²) < 4.78 is 31.5. The molecular weight excluding hydrogens is 409 g/mol. The minimum absolute atomic E-state index is 0.136. The van der Waals surface area contributed by atoms with E-state index < -0.39 is 0 Å². The number of carbonyl (C=O) groups is 1. The summed E-state index contributed by atoms with van der Waals surface area (Å²) in [6.07, 6.45) is 1.77. The molecule has 0 atom stereocenters. The Bertz CT molecular complexity index is 1250. The molecule has 0 radical (unpaired) electrons. The van der Waals surface area contributed by atoms with Gasteiger partial charge in [0, 0.05) is 34.2 Å². The number of rotatable bonds is 8. The van der Waals surface area contributed by atoms with Gasteiger partial charge >= 0.3 is 5.97 Å². The highest BCUT2D eigenvalue weighted by Crippen LogP contribution is 2.31. The van der Waals surface area contributed by atoms with Crippen LogP contribution in [0.4, 0.5) is 4.39 Å². The first-order valence-corrected chi connectivity index (χ1v) is 10.4. The molecule has 0 spiro atoms. The van der Waals surface area contributed by atoms with Gasteiger partial charge in [0.25, 0.3) is 0 Å². The van der Waals surface area contributed by atoms with E-state index in [-0.39, 0.29) is 31.4 Å². The zero-order valence-electron chi connectivity index (χ0n) is 17.8. The van der Waals surface area contributed by atoms with Crippen molar-refractivity contribution < 1.29 is 23.1 Å². The highest BCUT2D eigenvalue weighted by molar-refractivity contribution is 5.86. The zero-order valence-corrected chi connectivity index (χ0v) is 17.8. The first kappa shape index (κ1) is 21.6. The van der Waals surface area contributed by atoms with Crippen molar-refractivity contribution in [2.75, 3.05) is 6.61 Å². The van der Waals surface area contributed by atoms with Gasteiger partial charge < -0.3 is 19.6 Å². The van der Waals surface area contributed by atoms with E-state index in [1.165, 1.54) is 0 Å². The molecule has 164 valence electrons. The second kappa shape index (κ2) is 9.66. The molecule has 0 saturated heterocycles. The Kier molecular flexibility index (Phi) is 6.52. The summed E-state index contributed by atoms with van der Waals surface area (Å²) in [5, 5.41) is 0.836. The second-order valence-corrected chi connectivity index (χ2v) is 7.33. The molecule has 1 heterocycles. The topological polar surface area (TPSA) is 74.7 Å². The van der Waals surface area contributed by atoms with Gasteiger partial charge in [0.15, 0.2) is 0 Å². The van der Waals surface area contributed by atoms with Gasteiger partial charge in [-0.15, -0.1) is 0 Å². The number of hydrogen-bond donors (Lipinski definition) is 1. The average Bonchev–Trinajstić information content (AvgIpc) is 3.21. The maximum atomic E-state index is 14.8. The van der Waals surface area contributed by atoms with Crippen molar-refractivity contribution in [3.63, 3.8) is 0 Å². The van der Waals surface area contributed by atoms with E-state index in [2.05, 4.69) is 0 Å². The number of furan rings is 1. The monoisotopic (exact) mass is 433 g/mol. The van der Waals surface area contributed by atoms with Crippen LogP contribution in [0.3, 0.4) is 0 Å². The normalized spacial score (nSPS) is 11.0. The van der Waals surface area contributed by atoms with Crippen LogP contribution in [0.5, 0.6) is 5.75 Å². The minimum atomic E-state index is -0.316. The van der Waals surface area contributed by atoms with Crippen molar-refractivity contribution in [2.45, 2.75) is 26.5 Å². The van der Waals surface area contributed by atoms with Gasteiger partial charge in [-0.25, -0.2) is 4.39 Å². The highest BCUT2D eigenvalue weighted by Gasteiger charge is 2.14. The molecule has 4 rings (SSSR count). The summed E-state index contributed by atoms with van der Waals surface area (Å²) in [6, 6.07) is 18.1.